The summed E-state index contributed by atoms with van der Waals surface area (Å²) in [7, 11) is 1.98. The highest BCUT2D eigenvalue weighted by Crippen LogP contribution is 2.25. The standard InChI is InChI=1S/C13H15NO3S/c1-9(11-4-3-7-18-11)14(2)8-10-5-6-17-12(10)13(15)16/h3-7,9H,8H2,1-2H3,(H,15,16). The quantitative estimate of drug-likeness (QED) is 0.901. The third kappa shape index (κ3) is 2.63. The minimum absolute atomic E-state index is 0.0280. The summed E-state index contributed by atoms with van der Waals surface area (Å²) in [5.74, 6) is -0.993. The smallest absolute Gasteiger partial charge is 0.372 e. The van der Waals surface area contributed by atoms with E-state index in [1.54, 1.807) is 17.4 Å². The van der Waals surface area contributed by atoms with E-state index in [0.29, 0.717) is 12.1 Å². The van der Waals surface area contributed by atoms with Gasteiger partial charge < -0.3 is 9.52 Å². The van der Waals surface area contributed by atoms with Gasteiger partial charge in [0.1, 0.15) is 0 Å². The molecule has 2 aromatic rings. The lowest BCUT2D eigenvalue weighted by molar-refractivity contribution is 0.0659. The van der Waals surface area contributed by atoms with Gasteiger partial charge in [-0.15, -0.1) is 11.3 Å². The number of carbonyl (C=O) groups is 1. The van der Waals surface area contributed by atoms with Crippen LogP contribution < -0.4 is 0 Å². The van der Waals surface area contributed by atoms with Crippen LogP contribution in [0.15, 0.2) is 34.3 Å². The molecule has 0 aliphatic heterocycles. The van der Waals surface area contributed by atoms with Crippen molar-refractivity contribution < 1.29 is 14.3 Å². The van der Waals surface area contributed by atoms with E-state index in [1.807, 2.05) is 18.5 Å². The molecule has 1 N–H and O–H groups in total. The van der Waals surface area contributed by atoms with E-state index in [0.717, 1.165) is 0 Å². The Morgan fingerprint density at radius 1 is 1.56 bits per heavy atom. The third-order valence-electron chi connectivity index (χ3n) is 2.98. The first-order valence-corrected chi connectivity index (χ1v) is 6.51. The van der Waals surface area contributed by atoms with Gasteiger partial charge in [-0.3, -0.25) is 4.90 Å². The van der Waals surface area contributed by atoms with Gasteiger partial charge in [-0.2, -0.15) is 0 Å². The highest BCUT2D eigenvalue weighted by Gasteiger charge is 2.18. The molecule has 2 heterocycles. The van der Waals surface area contributed by atoms with Crippen LogP contribution in [0.3, 0.4) is 0 Å². The van der Waals surface area contributed by atoms with Crippen molar-refractivity contribution in [1.29, 1.82) is 0 Å². The Labute approximate surface area is 109 Å². The minimum Gasteiger partial charge on any atom is -0.475 e. The second-order valence-electron chi connectivity index (χ2n) is 4.19. The molecule has 5 heteroatoms. The van der Waals surface area contributed by atoms with Crippen LogP contribution in [-0.4, -0.2) is 23.0 Å². The van der Waals surface area contributed by atoms with E-state index < -0.39 is 5.97 Å². The zero-order valence-electron chi connectivity index (χ0n) is 10.3. The number of nitrogens with zero attached hydrogens (tertiary/aromatic N) is 1. The second-order valence-corrected chi connectivity index (χ2v) is 5.17. The largest absolute Gasteiger partial charge is 0.475 e. The maximum Gasteiger partial charge on any atom is 0.372 e. The van der Waals surface area contributed by atoms with Crippen molar-refractivity contribution in [3.63, 3.8) is 0 Å². The van der Waals surface area contributed by atoms with Gasteiger partial charge in [0, 0.05) is 23.0 Å². The number of aromatic carboxylic acids is 1. The zero-order valence-corrected chi connectivity index (χ0v) is 11.1. The maximum absolute atomic E-state index is 11.0. The lowest BCUT2D eigenvalue weighted by Crippen LogP contribution is -2.22. The van der Waals surface area contributed by atoms with Gasteiger partial charge in [-0.05, 0) is 31.5 Å². The van der Waals surface area contributed by atoms with Crippen LogP contribution >= 0.6 is 11.3 Å². The predicted molar refractivity (Wildman–Crippen MR) is 69.9 cm³/mol. The van der Waals surface area contributed by atoms with Crippen LogP contribution in [-0.2, 0) is 6.54 Å². The molecule has 96 valence electrons. The van der Waals surface area contributed by atoms with Crippen molar-refractivity contribution in [3.8, 4) is 0 Å². The molecule has 0 saturated carbocycles. The molecular formula is C13H15NO3S. The van der Waals surface area contributed by atoms with Crippen LogP contribution in [0.25, 0.3) is 0 Å². The molecule has 0 aromatic carbocycles. The normalized spacial score (nSPS) is 12.8. The van der Waals surface area contributed by atoms with Crippen LogP contribution in [0.5, 0.6) is 0 Å². The van der Waals surface area contributed by atoms with Crippen molar-refractivity contribution in [3.05, 3.63) is 46.0 Å². The van der Waals surface area contributed by atoms with Gasteiger partial charge >= 0.3 is 5.97 Å². The number of rotatable bonds is 5. The van der Waals surface area contributed by atoms with Crippen molar-refractivity contribution in [2.45, 2.75) is 19.5 Å². The van der Waals surface area contributed by atoms with Gasteiger partial charge in [-0.1, -0.05) is 6.07 Å². The van der Waals surface area contributed by atoms with Crippen molar-refractivity contribution >= 4 is 17.3 Å². The topological polar surface area (TPSA) is 53.7 Å². The first-order valence-electron chi connectivity index (χ1n) is 5.63. The molecular weight excluding hydrogens is 250 g/mol. The van der Waals surface area contributed by atoms with E-state index in [1.165, 1.54) is 11.1 Å². The summed E-state index contributed by atoms with van der Waals surface area (Å²) in [6.45, 7) is 2.66. The fourth-order valence-corrected chi connectivity index (χ4v) is 2.65. The number of carboxylic acids is 1. The van der Waals surface area contributed by atoms with E-state index in [9.17, 15) is 4.79 Å². The monoisotopic (exact) mass is 265 g/mol. The fraction of sp³-hybridized carbons (Fsp3) is 0.308. The number of carboxylic acid groups (broad SMARTS) is 1. The Morgan fingerprint density at radius 2 is 2.33 bits per heavy atom. The highest BCUT2D eigenvalue weighted by molar-refractivity contribution is 7.10. The maximum atomic E-state index is 11.0. The Hall–Kier alpha value is -1.59. The summed E-state index contributed by atoms with van der Waals surface area (Å²) in [4.78, 5) is 14.3. The predicted octanol–water partition coefficient (Wildman–Crippen LogP) is 3.23. The number of furan rings is 1. The molecule has 0 amide bonds. The van der Waals surface area contributed by atoms with E-state index >= 15 is 0 Å². The summed E-state index contributed by atoms with van der Waals surface area (Å²) in [5.41, 5.74) is 0.702. The van der Waals surface area contributed by atoms with Crippen LogP contribution in [0.1, 0.15) is 34.0 Å². The summed E-state index contributed by atoms with van der Waals surface area (Å²) >= 11 is 1.70. The first-order chi connectivity index (χ1) is 8.59. The first kappa shape index (κ1) is 12.9. The highest BCUT2D eigenvalue weighted by atomic mass is 32.1. The zero-order chi connectivity index (χ0) is 13.1. The van der Waals surface area contributed by atoms with E-state index in [-0.39, 0.29) is 11.8 Å². The van der Waals surface area contributed by atoms with Crippen molar-refractivity contribution in [2.24, 2.45) is 0 Å². The molecule has 1 atom stereocenters. The summed E-state index contributed by atoms with van der Waals surface area (Å²) < 4.78 is 4.97. The molecule has 0 bridgehead atoms. The van der Waals surface area contributed by atoms with Crippen molar-refractivity contribution in [1.82, 2.24) is 4.90 Å². The molecule has 0 aliphatic rings. The lowest BCUT2D eigenvalue weighted by Gasteiger charge is -2.23. The Bertz CT molecular complexity index is 518. The summed E-state index contributed by atoms with van der Waals surface area (Å²) in [6, 6.07) is 6.06. The average Bonchev–Trinajstić information content (AvgIpc) is 2.98. The fourth-order valence-electron chi connectivity index (χ4n) is 1.80. The van der Waals surface area contributed by atoms with Crippen LogP contribution in [0, 0.1) is 0 Å². The SMILES string of the molecule is CC(c1cccs1)N(C)Cc1ccoc1C(=O)O. The molecule has 2 aromatic heterocycles. The molecule has 18 heavy (non-hydrogen) atoms. The molecule has 0 spiro atoms. The molecule has 0 saturated heterocycles. The van der Waals surface area contributed by atoms with Crippen molar-refractivity contribution in [2.75, 3.05) is 7.05 Å². The summed E-state index contributed by atoms with van der Waals surface area (Å²) in [5, 5.41) is 11.0. The van der Waals surface area contributed by atoms with Gasteiger partial charge in [0.2, 0.25) is 5.76 Å². The third-order valence-corrected chi connectivity index (χ3v) is 4.02. The van der Waals surface area contributed by atoms with Gasteiger partial charge in [-0.25, -0.2) is 4.79 Å². The van der Waals surface area contributed by atoms with E-state index in [2.05, 4.69) is 17.9 Å². The minimum atomic E-state index is -1.02. The number of hydrogen-bond acceptors (Lipinski definition) is 4. The lowest BCUT2D eigenvalue weighted by atomic mass is 10.2. The molecule has 0 radical (unpaired) electrons. The molecule has 1 unspecified atom stereocenters. The Kier molecular flexibility index (Phi) is 3.84. The Morgan fingerprint density at radius 3 is 2.94 bits per heavy atom. The average molecular weight is 265 g/mol. The number of hydrogen-bond donors (Lipinski definition) is 1. The number of thiophene rings is 1. The molecule has 0 aliphatic carbocycles. The van der Waals surface area contributed by atoms with Crippen LogP contribution in [0.4, 0.5) is 0 Å². The van der Waals surface area contributed by atoms with Crippen LogP contribution in [0.2, 0.25) is 0 Å². The van der Waals surface area contributed by atoms with Gasteiger partial charge in [0.25, 0.3) is 0 Å². The summed E-state index contributed by atoms with van der Waals surface area (Å²) in [6.07, 6.45) is 1.42. The second kappa shape index (κ2) is 5.37. The van der Waals surface area contributed by atoms with Gasteiger partial charge in [0.05, 0.1) is 6.26 Å². The molecule has 0 fully saturated rings. The van der Waals surface area contributed by atoms with Gasteiger partial charge in [0.15, 0.2) is 0 Å². The molecule has 4 nitrogen and oxygen atoms in total. The van der Waals surface area contributed by atoms with E-state index in [4.69, 9.17) is 9.52 Å². The molecule has 2 rings (SSSR count). The Balaban J connectivity index is 2.09.